The first-order valence-corrected chi connectivity index (χ1v) is 4.77. The molecule has 0 aromatic heterocycles. The van der Waals surface area contributed by atoms with Crippen molar-refractivity contribution in [3.05, 3.63) is 29.8 Å². The molecule has 0 bridgehead atoms. The summed E-state index contributed by atoms with van der Waals surface area (Å²) in [5.74, 6) is -0.334. The number of phenolic OH excluding ortho intramolecular Hbond substituents is 1. The lowest BCUT2D eigenvalue weighted by Crippen LogP contribution is -2.17. The Kier molecular flexibility index (Phi) is 4.06. The minimum Gasteiger partial charge on any atom is -0.507 e. The number of phenols is 1. The van der Waals surface area contributed by atoms with Crippen LogP contribution in [0.5, 0.6) is 11.5 Å². The molecule has 2 nitrogen and oxygen atoms in total. The Hall–Kier alpha value is -1.36. The van der Waals surface area contributed by atoms with Gasteiger partial charge in [0.25, 0.3) is 0 Å². The lowest BCUT2D eigenvalue weighted by molar-refractivity contribution is -0.274. The van der Waals surface area contributed by atoms with Gasteiger partial charge in [-0.25, -0.2) is 0 Å². The molecule has 1 aromatic rings. The van der Waals surface area contributed by atoms with Gasteiger partial charge in [0, 0.05) is 11.4 Å². The van der Waals surface area contributed by atoms with E-state index in [0.29, 0.717) is 0 Å². The van der Waals surface area contributed by atoms with Crippen LogP contribution in [0, 0.1) is 0 Å². The van der Waals surface area contributed by atoms with Crippen LogP contribution in [-0.4, -0.2) is 17.3 Å². The lowest BCUT2D eigenvalue weighted by atomic mass is 10.2. The highest BCUT2D eigenvalue weighted by Crippen LogP contribution is 2.28. The fourth-order valence-electron chi connectivity index (χ4n) is 1.03. The molecule has 1 aromatic carbocycles. The molecule has 0 spiro atoms. The number of benzene rings is 1. The number of halogens is 4. The number of aromatic hydroxyl groups is 1. The third-order valence-corrected chi connectivity index (χ3v) is 1.80. The number of hydrogen-bond donors (Lipinski definition) is 1. The molecule has 0 aliphatic rings. The van der Waals surface area contributed by atoms with Crippen molar-refractivity contribution in [2.75, 3.05) is 5.88 Å². The van der Waals surface area contributed by atoms with Crippen molar-refractivity contribution < 1.29 is 23.0 Å². The van der Waals surface area contributed by atoms with E-state index in [4.69, 9.17) is 11.6 Å². The smallest absolute Gasteiger partial charge is 0.507 e. The summed E-state index contributed by atoms with van der Waals surface area (Å²) in [7, 11) is 0. The Bertz CT molecular complexity index is 388. The standard InChI is InChI=1S/C10H8ClF3O2/c11-5-1-2-7-6-8(3-4-9(7)15)16-10(12,13)14/h1-4,6,15H,5H2. The summed E-state index contributed by atoms with van der Waals surface area (Å²) in [4.78, 5) is 0. The zero-order valence-electron chi connectivity index (χ0n) is 7.96. The second-order valence-electron chi connectivity index (χ2n) is 2.83. The van der Waals surface area contributed by atoms with Crippen LogP contribution in [0.2, 0.25) is 0 Å². The van der Waals surface area contributed by atoms with E-state index in [-0.39, 0.29) is 22.9 Å². The lowest BCUT2D eigenvalue weighted by Gasteiger charge is -2.09. The zero-order valence-corrected chi connectivity index (χ0v) is 8.72. The van der Waals surface area contributed by atoms with Crippen LogP contribution in [0.3, 0.4) is 0 Å². The average molecular weight is 253 g/mol. The number of alkyl halides is 4. The van der Waals surface area contributed by atoms with Gasteiger partial charge in [-0.2, -0.15) is 0 Å². The van der Waals surface area contributed by atoms with Crippen LogP contribution in [0.1, 0.15) is 5.56 Å². The first kappa shape index (κ1) is 12.7. The summed E-state index contributed by atoms with van der Waals surface area (Å²) in [6.45, 7) is 0. The normalized spacial score (nSPS) is 12.0. The van der Waals surface area contributed by atoms with Crippen molar-refractivity contribution in [2.24, 2.45) is 0 Å². The van der Waals surface area contributed by atoms with Crippen molar-refractivity contribution in [1.29, 1.82) is 0 Å². The third-order valence-electron chi connectivity index (χ3n) is 1.62. The topological polar surface area (TPSA) is 29.5 Å². The van der Waals surface area contributed by atoms with E-state index in [1.165, 1.54) is 12.2 Å². The molecule has 1 rings (SSSR count). The van der Waals surface area contributed by atoms with Gasteiger partial charge in [-0.1, -0.05) is 12.2 Å². The molecule has 16 heavy (non-hydrogen) atoms. The molecule has 0 saturated carbocycles. The molecule has 0 amide bonds. The van der Waals surface area contributed by atoms with Gasteiger partial charge in [0.15, 0.2) is 0 Å². The highest BCUT2D eigenvalue weighted by molar-refractivity contribution is 6.19. The fourth-order valence-corrected chi connectivity index (χ4v) is 1.12. The van der Waals surface area contributed by atoms with Gasteiger partial charge in [0.05, 0.1) is 0 Å². The first-order chi connectivity index (χ1) is 7.42. The molecule has 0 saturated heterocycles. The number of rotatable bonds is 3. The van der Waals surface area contributed by atoms with Crippen LogP contribution in [0.15, 0.2) is 24.3 Å². The summed E-state index contributed by atoms with van der Waals surface area (Å²) < 4.78 is 39.4. The highest BCUT2D eigenvalue weighted by atomic mass is 35.5. The summed E-state index contributed by atoms with van der Waals surface area (Å²) in [5, 5.41) is 9.33. The Morgan fingerprint density at radius 2 is 2.06 bits per heavy atom. The van der Waals surface area contributed by atoms with Gasteiger partial charge in [-0.15, -0.1) is 24.8 Å². The maximum Gasteiger partial charge on any atom is 0.573 e. The first-order valence-electron chi connectivity index (χ1n) is 4.23. The Morgan fingerprint density at radius 1 is 1.38 bits per heavy atom. The van der Waals surface area contributed by atoms with Gasteiger partial charge in [0.1, 0.15) is 11.5 Å². The monoisotopic (exact) mass is 252 g/mol. The van der Waals surface area contributed by atoms with E-state index < -0.39 is 6.36 Å². The molecular formula is C10H8ClF3O2. The zero-order chi connectivity index (χ0) is 12.2. The number of ether oxygens (including phenoxy) is 1. The van der Waals surface area contributed by atoms with Gasteiger partial charge >= 0.3 is 6.36 Å². The second kappa shape index (κ2) is 5.12. The van der Waals surface area contributed by atoms with Gasteiger partial charge in [-0.3, -0.25) is 0 Å². The predicted octanol–water partition coefficient (Wildman–Crippen LogP) is 3.54. The molecule has 0 aliphatic carbocycles. The van der Waals surface area contributed by atoms with Crippen LogP contribution in [0.4, 0.5) is 13.2 Å². The number of allylic oxidation sites excluding steroid dienone is 1. The fraction of sp³-hybridized carbons (Fsp3) is 0.200. The molecule has 0 unspecified atom stereocenters. The number of hydrogen-bond acceptors (Lipinski definition) is 2. The SMILES string of the molecule is Oc1ccc(OC(F)(F)F)cc1C=CCCl. The Balaban J connectivity index is 2.94. The highest BCUT2D eigenvalue weighted by Gasteiger charge is 2.31. The molecule has 6 heteroatoms. The van der Waals surface area contributed by atoms with E-state index in [9.17, 15) is 18.3 Å². The minimum atomic E-state index is -4.75. The van der Waals surface area contributed by atoms with E-state index >= 15 is 0 Å². The van der Waals surface area contributed by atoms with Crippen LogP contribution in [-0.2, 0) is 0 Å². The van der Waals surface area contributed by atoms with Crippen molar-refractivity contribution in [1.82, 2.24) is 0 Å². The second-order valence-corrected chi connectivity index (χ2v) is 3.13. The van der Waals surface area contributed by atoms with Crippen molar-refractivity contribution in [2.45, 2.75) is 6.36 Å². The van der Waals surface area contributed by atoms with E-state index in [2.05, 4.69) is 4.74 Å². The van der Waals surface area contributed by atoms with Crippen LogP contribution < -0.4 is 4.74 Å². The maximum atomic E-state index is 11.9. The summed E-state index contributed by atoms with van der Waals surface area (Å²) in [5.41, 5.74) is 0.211. The average Bonchev–Trinajstić information content (AvgIpc) is 2.17. The molecule has 0 fully saturated rings. The molecule has 0 radical (unpaired) electrons. The minimum absolute atomic E-state index is 0.143. The molecule has 1 N–H and O–H groups in total. The van der Waals surface area contributed by atoms with Crippen LogP contribution in [0.25, 0.3) is 6.08 Å². The quantitative estimate of drug-likeness (QED) is 0.834. The van der Waals surface area contributed by atoms with Gasteiger partial charge in [-0.05, 0) is 18.2 Å². The maximum absolute atomic E-state index is 11.9. The Morgan fingerprint density at radius 3 is 2.62 bits per heavy atom. The molecule has 0 atom stereocenters. The summed E-state index contributed by atoms with van der Waals surface area (Å²) in [6, 6.07) is 3.22. The van der Waals surface area contributed by atoms with E-state index in [1.54, 1.807) is 0 Å². The van der Waals surface area contributed by atoms with Crippen LogP contribution >= 0.6 is 11.6 Å². The third kappa shape index (κ3) is 4.02. The van der Waals surface area contributed by atoms with Crippen molar-refractivity contribution in [3.63, 3.8) is 0 Å². The van der Waals surface area contributed by atoms with Gasteiger partial charge in [0.2, 0.25) is 0 Å². The largest absolute Gasteiger partial charge is 0.573 e. The predicted molar refractivity (Wildman–Crippen MR) is 54.5 cm³/mol. The van der Waals surface area contributed by atoms with Crippen molar-refractivity contribution >= 4 is 17.7 Å². The molecular weight excluding hydrogens is 245 g/mol. The summed E-state index contributed by atoms with van der Waals surface area (Å²) >= 11 is 5.37. The van der Waals surface area contributed by atoms with E-state index in [1.807, 2.05) is 0 Å². The van der Waals surface area contributed by atoms with Crippen molar-refractivity contribution in [3.8, 4) is 11.5 Å². The molecule has 0 aliphatic heterocycles. The Labute approximate surface area is 94.9 Å². The molecule has 0 heterocycles. The van der Waals surface area contributed by atoms with E-state index in [0.717, 1.165) is 18.2 Å². The van der Waals surface area contributed by atoms with Gasteiger partial charge < -0.3 is 9.84 Å². The summed E-state index contributed by atoms with van der Waals surface area (Å²) in [6.07, 6.45) is -1.84. The molecule has 88 valence electrons.